The van der Waals surface area contributed by atoms with E-state index in [4.69, 9.17) is 10.8 Å². The summed E-state index contributed by atoms with van der Waals surface area (Å²) in [5.74, 6) is 0. The van der Waals surface area contributed by atoms with Gasteiger partial charge in [0.1, 0.15) is 0 Å². The number of nitrogens with two attached hydrogens (primary N) is 1. The van der Waals surface area contributed by atoms with E-state index >= 15 is 0 Å². The molecule has 0 bridgehead atoms. The molecule has 3 nitrogen and oxygen atoms in total. The molecule has 0 saturated carbocycles. The molecule has 1 saturated heterocycles. The van der Waals surface area contributed by atoms with Gasteiger partial charge in [-0.3, -0.25) is 0 Å². The smallest absolute Gasteiger partial charge is 0.0524 e. The molecule has 1 aliphatic heterocycles. The van der Waals surface area contributed by atoms with E-state index in [0.29, 0.717) is 6.04 Å². The first-order valence-corrected chi connectivity index (χ1v) is 4.86. The third-order valence-corrected chi connectivity index (χ3v) is 2.60. The average Bonchev–Trinajstić information content (AvgIpc) is 1.98. The van der Waals surface area contributed by atoms with Gasteiger partial charge in [-0.2, -0.15) is 0 Å². The maximum absolute atomic E-state index is 9.09. The summed E-state index contributed by atoms with van der Waals surface area (Å²) in [6.45, 7) is 4.85. The summed E-state index contributed by atoms with van der Waals surface area (Å²) in [5.41, 5.74) is 5.48. The van der Waals surface area contributed by atoms with Crippen LogP contribution in [0.2, 0.25) is 0 Å². The summed E-state index contributed by atoms with van der Waals surface area (Å²) in [4.78, 5) is 2.42. The molecule has 1 fully saturated rings. The molecule has 0 spiro atoms. The molecule has 72 valence electrons. The van der Waals surface area contributed by atoms with Gasteiger partial charge in [0.2, 0.25) is 0 Å². The van der Waals surface area contributed by atoms with E-state index in [2.05, 4.69) is 4.90 Å². The van der Waals surface area contributed by atoms with Crippen molar-refractivity contribution in [2.24, 2.45) is 5.73 Å². The fraction of sp³-hybridized carbons (Fsp3) is 1.00. The summed E-state index contributed by atoms with van der Waals surface area (Å²) >= 11 is 0. The molecule has 0 aliphatic carbocycles. The van der Waals surface area contributed by atoms with E-state index in [1.54, 1.807) is 0 Å². The molecule has 0 aromatic carbocycles. The molecule has 12 heavy (non-hydrogen) atoms. The lowest BCUT2D eigenvalue weighted by molar-refractivity contribution is 0.0648. The Labute approximate surface area is 74.5 Å². The summed E-state index contributed by atoms with van der Waals surface area (Å²) in [7, 11) is 0. The molecule has 1 rings (SSSR count). The van der Waals surface area contributed by atoms with Crippen molar-refractivity contribution in [2.75, 3.05) is 19.6 Å². The van der Waals surface area contributed by atoms with E-state index in [1.807, 2.05) is 6.92 Å². The molecule has 3 heteroatoms. The molecule has 0 aromatic rings. The highest BCUT2D eigenvalue weighted by atomic mass is 16.3. The summed E-state index contributed by atoms with van der Waals surface area (Å²) in [5, 5.41) is 9.09. The van der Waals surface area contributed by atoms with Gasteiger partial charge in [0.25, 0.3) is 0 Å². The van der Waals surface area contributed by atoms with Crippen LogP contribution in [0, 0.1) is 0 Å². The quantitative estimate of drug-likeness (QED) is 0.622. The van der Waals surface area contributed by atoms with Gasteiger partial charge < -0.3 is 15.7 Å². The molecule has 2 unspecified atom stereocenters. The Kier molecular flexibility index (Phi) is 3.98. The van der Waals surface area contributed by atoms with E-state index in [9.17, 15) is 0 Å². The maximum atomic E-state index is 9.09. The summed E-state index contributed by atoms with van der Waals surface area (Å²) in [6.07, 6.45) is 3.13. The van der Waals surface area contributed by atoms with Crippen molar-refractivity contribution in [3.63, 3.8) is 0 Å². The van der Waals surface area contributed by atoms with Crippen LogP contribution in [0.5, 0.6) is 0 Å². The maximum Gasteiger partial charge on any atom is 0.0524 e. The average molecular weight is 172 g/mol. The zero-order valence-corrected chi connectivity index (χ0v) is 7.87. The van der Waals surface area contributed by atoms with Gasteiger partial charge in [0.15, 0.2) is 0 Å². The number of hydrogen-bond acceptors (Lipinski definition) is 3. The van der Waals surface area contributed by atoms with Crippen LogP contribution in [0.25, 0.3) is 0 Å². The van der Waals surface area contributed by atoms with Gasteiger partial charge in [-0.1, -0.05) is 0 Å². The van der Waals surface area contributed by atoms with Crippen LogP contribution in [0.1, 0.15) is 26.2 Å². The third-order valence-electron chi connectivity index (χ3n) is 2.60. The predicted octanol–water partition coefficient (Wildman–Crippen LogP) is 0.180. The molecule has 2 atom stereocenters. The lowest BCUT2D eigenvalue weighted by Gasteiger charge is -2.41. The third kappa shape index (κ3) is 2.73. The topological polar surface area (TPSA) is 49.5 Å². The van der Waals surface area contributed by atoms with E-state index < -0.39 is 0 Å². The number of likely N-dealkylation sites (tertiary alicyclic amines) is 1. The van der Waals surface area contributed by atoms with Gasteiger partial charge in [-0.25, -0.2) is 0 Å². The zero-order chi connectivity index (χ0) is 8.97. The standard InChI is InChI=1S/C9H20N2O/c1-8(12)3-6-11-7-4-9(11)2-5-10/h8-9,12H,2-7,10H2,1H3. The van der Waals surface area contributed by atoms with Crippen molar-refractivity contribution < 1.29 is 5.11 Å². The molecule has 0 amide bonds. The SMILES string of the molecule is CC(O)CCN1CCC1CCN. The van der Waals surface area contributed by atoms with Crippen LogP contribution in [-0.2, 0) is 0 Å². The van der Waals surface area contributed by atoms with Gasteiger partial charge in [-0.05, 0) is 39.3 Å². The normalized spacial score (nSPS) is 26.8. The Balaban J connectivity index is 2.08. The molecule has 0 aromatic heterocycles. The lowest BCUT2D eigenvalue weighted by atomic mass is 9.99. The zero-order valence-electron chi connectivity index (χ0n) is 7.87. The van der Waals surface area contributed by atoms with Crippen molar-refractivity contribution in [3.8, 4) is 0 Å². The minimum absolute atomic E-state index is 0.163. The molecule has 0 radical (unpaired) electrons. The Morgan fingerprint density at radius 1 is 1.67 bits per heavy atom. The largest absolute Gasteiger partial charge is 0.393 e. The second-order valence-corrected chi connectivity index (χ2v) is 3.69. The first kappa shape index (κ1) is 9.96. The minimum Gasteiger partial charge on any atom is -0.393 e. The highest BCUT2D eigenvalue weighted by Crippen LogP contribution is 2.19. The van der Waals surface area contributed by atoms with Crippen LogP contribution in [0.3, 0.4) is 0 Å². The van der Waals surface area contributed by atoms with Crippen molar-refractivity contribution in [1.82, 2.24) is 4.90 Å². The Morgan fingerprint density at radius 2 is 2.42 bits per heavy atom. The van der Waals surface area contributed by atoms with Gasteiger partial charge >= 0.3 is 0 Å². The second-order valence-electron chi connectivity index (χ2n) is 3.69. The van der Waals surface area contributed by atoms with Gasteiger partial charge in [0, 0.05) is 12.6 Å². The molecular formula is C9H20N2O. The number of rotatable bonds is 5. The van der Waals surface area contributed by atoms with Crippen molar-refractivity contribution >= 4 is 0 Å². The van der Waals surface area contributed by atoms with Gasteiger partial charge in [0.05, 0.1) is 6.10 Å². The molecule has 1 heterocycles. The van der Waals surface area contributed by atoms with Crippen LogP contribution in [-0.4, -0.2) is 41.8 Å². The molecular weight excluding hydrogens is 152 g/mol. The highest BCUT2D eigenvalue weighted by molar-refractivity contribution is 4.82. The Hall–Kier alpha value is -0.120. The number of hydrogen-bond donors (Lipinski definition) is 2. The Morgan fingerprint density at radius 3 is 2.83 bits per heavy atom. The minimum atomic E-state index is -0.163. The van der Waals surface area contributed by atoms with Crippen LogP contribution in [0.4, 0.5) is 0 Å². The second kappa shape index (κ2) is 4.80. The van der Waals surface area contributed by atoms with Crippen LogP contribution >= 0.6 is 0 Å². The first-order valence-electron chi connectivity index (χ1n) is 4.86. The lowest BCUT2D eigenvalue weighted by Crippen LogP contribution is -2.49. The van der Waals surface area contributed by atoms with Crippen LogP contribution in [0.15, 0.2) is 0 Å². The number of aliphatic hydroxyl groups excluding tert-OH is 1. The van der Waals surface area contributed by atoms with Crippen LogP contribution < -0.4 is 5.73 Å². The number of aliphatic hydroxyl groups is 1. The molecule has 1 aliphatic rings. The Bertz CT molecular complexity index is 128. The number of nitrogens with zero attached hydrogens (tertiary/aromatic N) is 1. The first-order chi connectivity index (χ1) is 5.74. The summed E-state index contributed by atoms with van der Waals surface area (Å²) in [6, 6.07) is 0.703. The van der Waals surface area contributed by atoms with Crippen molar-refractivity contribution in [3.05, 3.63) is 0 Å². The van der Waals surface area contributed by atoms with E-state index in [-0.39, 0.29) is 6.10 Å². The van der Waals surface area contributed by atoms with Crippen molar-refractivity contribution in [1.29, 1.82) is 0 Å². The summed E-state index contributed by atoms with van der Waals surface area (Å²) < 4.78 is 0. The monoisotopic (exact) mass is 172 g/mol. The van der Waals surface area contributed by atoms with E-state index in [1.165, 1.54) is 13.0 Å². The highest BCUT2D eigenvalue weighted by Gasteiger charge is 2.26. The molecule has 3 N–H and O–H groups in total. The van der Waals surface area contributed by atoms with Gasteiger partial charge in [-0.15, -0.1) is 0 Å². The predicted molar refractivity (Wildman–Crippen MR) is 49.9 cm³/mol. The fourth-order valence-electron chi connectivity index (χ4n) is 1.66. The fourth-order valence-corrected chi connectivity index (χ4v) is 1.66. The van der Waals surface area contributed by atoms with E-state index in [0.717, 1.165) is 25.9 Å². The van der Waals surface area contributed by atoms with Crippen molar-refractivity contribution in [2.45, 2.75) is 38.3 Å².